The lowest BCUT2D eigenvalue weighted by molar-refractivity contribution is -0.161. The first-order chi connectivity index (χ1) is 24.7. The Morgan fingerprint density at radius 2 is 1.74 bits per heavy atom. The number of rotatable bonds is 11. The molecular formula is C27H26N10O14S2. The number of thiazole rings is 1. The number of carboxylic acids is 2. The Morgan fingerprint density at radius 3 is 2.34 bits per heavy atom. The summed E-state index contributed by atoms with van der Waals surface area (Å²) in [4.78, 5) is 101. The monoisotopic (exact) mass is 778 g/mol. The lowest BCUT2D eigenvalue weighted by Gasteiger charge is -2.36. The van der Waals surface area contributed by atoms with Crippen LogP contribution in [0.15, 0.2) is 28.7 Å². The Hall–Kier alpha value is -6.83. The van der Waals surface area contributed by atoms with Crippen molar-refractivity contribution < 1.29 is 67.2 Å². The SMILES string of the molecule is CC(C)(O/N=C(/C(=O)NC1CN(C(=O)NS(=O)(=O)N2CCN(NC(=O)c3cc4cc(O)c(O)cc4nc3C(=O)O)C2=O)C1=O)c1csc(N)n1)C(=O)O. The number of β-lactam (4-membered cyclic amide) rings is 1. The zero-order chi connectivity index (χ0) is 39.2. The molecule has 24 nitrogen and oxygen atoms in total. The molecule has 9 N–H and O–H groups in total. The van der Waals surface area contributed by atoms with E-state index in [0.29, 0.717) is 9.91 Å². The van der Waals surface area contributed by atoms with Crippen molar-refractivity contribution in [2.45, 2.75) is 25.5 Å². The molecule has 26 heteroatoms. The number of likely N-dealkylation sites (tertiary alicyclic amines) is 1. The molecule has 0 spiro atoms. The third-order valence-electron chi connectivity index (χ3n) is 7.41. The fourth-order valence-electron chi connectivity index (χ4n) is 4.52. The van der Waals surface area contributed by atoms with E-state index in [-0.39, 0.29) is 26.0 Å². The van der Waals surface area contributed by atoms with Gasteiger partial charge in [0, 0.05) is 16.8 Å². The molecule has 0 radical (unpaired) electrons. The van der Waals surface area contributed by atoms with Crippen molar-refractivity contribution in [1.29, 1.82) is 0 Å². The minimum Gasteiger partial charge on any atom is -0.504 e. The summed E-state index contributed by atoms with van der Waals surface area (Å²) >= 11 is 0.912. The predicted molar refractivity (Wildman–Crippen MR) is 175 cm³/mol. The van der Waals surface area contributed by atoms with Crippen LogP contribution in [-0.4, -0.2) is 132 Å². The smallest absolute Gasteiger partial charge is 0.355 e. The quantitative estimate of drug-likeness (QED) is 0.0467. The first-order valence-corrected chi connectivity index (χ1v) is 16.9. The number of aromatic nitrogens is 2. The number of aromatic carboxylic acids is 1. The van der Waals surface area contributed by atoms with Crippen LogP contribution in [0.25, 0.3) is 10.9 Å². The number of carbonyl (C=O) groups is 7. The number of nitrogens with one attached hydrogen (secondary N) is 3. The largest absolute Gasteiger partial charge is 0.504 e. The van der Waals surface area contributed by atoms with E-state index >= 15 is 0 Å². The van der Waals surface area contributed by atoms with E-state index in [2.05, 4.69) is 25.9 Å². The van der Waals surface area contributed by atoms with E-state index in [1.165, 1.54) is 10.1 Å². The Labute approximate surface area is 299 Å². The number of hydrazine groups is 1. The summed E-state index contributed by atoms with van der Waals surface area (Å²) in [5, 5.41) is 46.0. The fourth-order valence-corrected chi connectivity index (χ4v) is 6.14. The van der Waals surface area contributed by atoms with Crippen LogP contribution in [0.5, 0.6) is 11.5 Å². The molecule has 2 aliphatic heterocycles. The molecular weight excluding hydrogens is 752 g/mol. The van der Waals surface area contributed by atoms with E-state index in [1.807, 2.05) is 0 Å². The number of carbonyl (C=O) groups excluding carboxylic acids is 5. The minimum absolute atomic E-state index is 0.0164. The molecule has 2 fully saturated rings. The summed E-state index contributed by atoms with van der Waals surface area (Å²) in [5.41, 5.74) is 3.60. The van der Waals surface area contributed by atoms with E-state index in [4.69, 9.17) is 10.6 Å². The molecule has 1 aromatic carbocycles. The van der Waals surface area contributed by atoms with Gasteiger partial charge in [-0.15, -0.1) is 11.3 Å². The van der Waals surface area contributed by atoms with Gasteiger partial charge in [0.2, 0.25) is 5.60 Å². The molecule has 3 aromatic rings. The number of oxime groups is 1. The highest BCUT2D eigenvalue weighted by molar-refractivity contribution is 7.88. The number of hydrogen-bond donors (Lipinski definition) is 8. The van der Waals surface area contributed by atoms with Crippen LogP contribution >= 0.6 is 11.3 Å². The van der Waals surface area contributed by atoms with Crippen molar-refractivity contribution in [3.63, 3.8) is 0 Å². The molecule has 0 aliphatic carbocycles. The molecule has 0 saturated carbocycles. The molecule has 2 aromatic heterocycles. The number of fused-ring (bicyclic) bond motifs is 1. The van der Waals surface area contributed by atoms with Crippen molar-refractivity contribution >= 4 is 85.0 Å². The van der Waals surface area contributed by atoms with Crippen LogP contribution in [0.2, 0.25) is 0 Å². The second kappa shape index (κ2) is 13.7. The van der Waals surface area contributed by atoms with Gasteiger partial charge in [0.1, 0.15) is 11.7 Å². The highest BCUT2D eigenvalue weighted by Gasteiger charge is 2.46. The zero-order valence-corrected chi connectivity index (χ0v) is 28.6. The molecule has 5 rings (SSSR count). The number of phenolic OH excluding ortho intramolecular Hbond substituents is 2. The van der Waals surface area contributed by atoms with Crippen LogP contribution in [0, 0.1) is 0 Å². The minimum atomic E-state index is -5.01. The number of amides is 7. The van der Waals surface area contributed by atoms with Crippen molar-refractivity contribution in [2.75, 3.05) is 25.4 Å². The number of phenols is 2. The molecule has 4 heterocycles. The molecule has 2 saturated heterocycles. The van der Waals surface area contributed by atoms with Crippen LogP contribution in [0.3, 0.4) is 0 Å². The van der Waals surface area contributed by atoms with Crippen molar-refractivity contribution in [3.05, 3.63) is 40.5 Å². The molecule has 1 atom stereocenters. The van der Waals surface area contributed by atoms with E-state index in [0.717, 1.165) is 43.4 Å². The Bertz CT molecular complexity index is 2260. The second-order valence-corrected chi connectivity index (χ2v) is 14.0. The van der Waals surface area contributed by atoms with Gasteiger partial charge >= 0.3 is 34.2 Å². The van der Waals surface area contributed by atoms with Crippen LogP contribution in [0.4, 0.5) is 14.7 Å². The molecule has 1 unspecified atom stereocenters. The number of urea groups is 2. The van der Waals surface area contributed by atoms with Gasteiger partial charge in [-0.2, -0.15) is 8.42 Å². The summed E-state index contributed by atoms with van der Waals surface area (Å²) in [5.74, 6) is -7.68. The second-order valence-electron chi connectivity index (χ2n) is 11.5. The van der Waals surface area contributed by atoms with Crippen molar-refractivity contribution in [2.24, 2.45) is 5.16 Å². The Balaban J connectivity index is 1.21. The van der Waals surface area contributed by atoms with Gasteiger partial charge in [0.15, 0.2) is 28.0 Å². The topological polar surface area (TPSA) is 354 Å². The summed E-state index contributed by atoms with van der Waals surface area (Å²) < 4.78 is 27.6. The first kappa shape index (κ1) is 37.4. The maximum absolute atomic E-state index is 13.0. The van der Waals surface area contributed by atoms with Gasteiger partial charge in [-0.1, -0.05) is 5.16 Å². The summed E-state index contributed by atoms with van der Waals surface area (Å²) in [6, 6.07) is -1.31. The van der Waals surface area contributed by atoms with Crippen LogP contribution in [-0.2, 0) is 29.4 Å². The van der Waals surface area contributed by atoms with Gasteiger partial charge in [-0.3, -0.25) is 24.7 Å². The number of nitrogen functional groups attached to an aromatic ring is 1. The maximum atomic E-state index is 13.0. The molecule has 2 aliphatic rings. The van der Waals surface area contributed by atoms with Gasteiger partial charge in [-0.05, 0) is 26.0 Å². The van der Waals surface area contributed by atoms with E-state index in [9.17, 15) is 62.4 Å². The molecule has 7 amide bonds. The third-order valence-corrected chi connectivity index (χ3v) is 9.44. The Kier molecular flexibility index (Phi) is 9.68. The summed E-state index contributed by atoms with van der Waals surface area (Å²) in [7, 11) is -5.01. The van der Waals surface area contributed by atoms with Crippen LogP contribution < -0.4 is 21.2 Å². The summed E-state index contributed by atoms with van der Waals surface area (Å²) in [6.07, 6.45) is 0. The van der Waals surface area contributed by atoms with Gasteiger partial charge in [0.05, 0.1) is 30.7 Å². The number of imide groups is 1. The number of hydrogen-bond acceptors (Lipinski definition) is 17. The number of anilines is 1. The van der Waals surface area contributed by atoms with E-state index < -0.39 is 112 Å². The van der Waals surface area contributed by atoms with Crippen LogP contribution in [0.1, 0.15) is 40.4 Å². The molecule has 53 heavy (non-hydrogen) atoms. The Morgan fingerprint density at radius 1 is 1.06 bits per heavy atom. The third kappa shape index (κ3) is 7.47. The standard InChI is InChI=1S/C27H26N10O14S2/c1-27(2,23(45)46)51-33-18(14-9-52-24(28)31-14)20(41)30-13-8-35(21(13)42)25(47)34-53(49,50)37-4-3-36(26(37)48)32-19(40)11-5-10-6-15(38)16(39)7-12(10)29-17(11)22(43)44/h5-7,9,13,38-39H,3-4,8H2,1-2H3,(H2,28,31)(H,30,41)(H,32,40)(H,34,47)(H,43,44)(H,45,46)/b33-18+. The highest BCUT2D eigenvalue weighted by atomic mass is 32.2. The average molecular weight is 779 g/mol. The normalized spacial score (nSPS) is 16.3. The number of pyridine rings is 1. The number of nitrogens with two attached hydrogens (primary N) is 1. The fraction of sp³-hybridized carbons (Fsp3) is 0.259. The average Bonchev–Trinajstić information content (AvgIpc) is 3.67. The van der Waals surface area contributed by atoms with Gasteiger partial charge in [0.25, 0.3) is 17.7 Å². The molecule has 0 bridgehead atoms. The number of aliphatic carboxylic acids is 1. The van der Waals surface area contributed by atoms with Crippen molar-refractivity contribution in [1.82, 2.24) is 39.6 Å². The van der Waals surface area contributed by atoms with Crippen molar-refractivity contribution in [3.8, 4) is 11.5 Å². The van der Waals surface area contributed by atoms with Gasteiger partial charge in [-0.25, -0.2) is 43.2 Å². The first-order valence-electron chi connectivity index (χ1n) is 14.6. The van der Waals surface area contributed by atoms with Gasteiger partial charge < -0.3 is 36.3 Å². The lowest BCUT2D eigenvalue weighted by atomic mass is 10.1. The van der Waals surface area contributed by atoms with E-state index in [1.54, 1.807) is 0 Å². The highest BCUT2D eigenvalue weighted by Crippen LogP contribution is 2.30. The predicted octanol–water partition coefficient (Wildman–Crippen LogP) is -1.67. The molecule has 280 valence electrons. The summed E-state index contributed by atoms with van der Waals surface area (Å²) in [6.45, 7) is 0.647. The lowest BCUT2D eigenvalue weighted by Crippen LogP contribution is -2.68. The maximum Gasteiger partial charge on any atom is 0.355 e. The number of benzene rings is 1. The number of carboxylic acid groups (broad SMARTS) is 2. The number of aromatic hydroxyl groups is 2. The number of nitrogens with zero attached hydrogens (tertiary/aromatic N) is 6. The zero-order valence-electron chi connectivity index (χ0n) is 27.0.